The van der Waals surface area contributed by atoms with E-state index in [0.717, 1.165) is 29.7 Å². The standard InChI is InChI=1S/C17H25NO2S/c1-17(2)8-6-14(7-9-17)20-11-13-10-12(16(18)21)4-5-15(13)19-3/h4-5,10,14H,6-9,11H2,1-3H3,(H2,18,21). The van der Waals surface area contributed by atoms with Gasteiger partial charge in [0.1, 0.15) is 10.7 Å². The minimum Gasteiger partial charge on any atom is -0.496 e. The molecule has 0 aliphatic heterocycles. The van der Waals surface area contributed by atoms with Crippen LogP contribution in [0.15, 0.2) is 18.2 Å². The van der Waals surface area contributed by atoms with E-state index in [1.54, 1.807) is 7.11 Å². The summed E-state index contributed by atoms with van der Waals surface area (Å²) in [6.07, 6.45) is 5.05. The molecule has 0 unspecified atom stereocenters. The van der Waals surface area contributed by atoms with Crippen molar-refractivity contribution in [2.75, 3.05) is 7.11 Å². The van der Waals surface area contributed by atoms with Crippen molar-refractivity contribution < 1.29 is 9.47 Å². The van der Waals surface area contributed by atoms with E-state index in [9.17, 15) is 0 Å². The molecule has 2 rings (SSSR count). The Kier molecular flexibility index (Phi) is 5.22. The van der Waals surface area contributed by atoms with Crippen LogP contribution < -0.4 is 10.5 Å². The molecule has 3 nitrogen and oxygen atoms in total. The molecule has 1 fully saturated rings. The van der Waals surface area contributed by atoms with E-state index in [1.807, 2.05) is 18.2 Å². The molecule has 0 bridgehead atoms. The second kappa shape index (κ2) is 6.75. The lowest BCUT2D eigenvalue weighted by Crippen LogP contribution is -2.26. The summed E-state index contributed by atoms with van der Waals surface area (Å²) in [5.74, 6) is 0.825. The highest BCUT2D eigenvalue weighted by molar-refractivity contribution is 7.80. The summed E-state index contributed by atoms with van der Waals surface area (Å²) in [6.45, 7) is 5.21. The summed E-state index contributed by atoms with van der Waals surface area (Å²) in [4.78, 5) is 0.401. The predicted molar refractivity (Wildman–Crippen MR) is 89.7 cm³/mol. The summed E-state index contributed by atoms with van der Waals surface area (Å²) in [5.41, 5.74) is 8.02. The van der Waals surface area contributed by atoms with Crippen molar-refractivity contribution in [1.29, 1.82) is 0 Å². The Morgan fingerprint density at radius 1 is 1.33 bits per heavy atom. The maximum Gasteiger partial charge on any atom is 0.124 e. The average molecular weight is 307 g/mol. The second-order valence-corrected chi connectivity index (χ2v) is 7.01. The Hall–Kier alpha value is -1.13. The lowest BCUT2D eigenvalue weighted by molar-refractivity contribution is -0.00621. The number of rotatable bonds is 5. The van der Waals surface area contributed by atoms with Crippen LogP contribution in [0.4, 0.5) is 0 Å². The molecular weight excluding hydrogens is 282 g/mol. The fourth-order valence-corrected chi connectivity index (χ4v) is 2.92. The first-order chi connectivity index (χ1) is 9.91. The van der Waals surface area contributed by atoms with Gasteiger partial charge in [0, 0.05) is 11.1 Å². The van der Waals surface area contributed by atoms with Crippen molar-refractivity contribution in [3.63, 3.8) is 0 Å². The van der Waals surface area contributed by atoms with Crippen LogP contribution in [0.3, 0.4) is 0 Å². The van der Waals surface area contributed by atoms with Gasteiger partial charge >= 0.3 is 0 Å². The van der Waals surface area contributed by atoms with Crippen LogP contribution in [0.25, 0.3) is 0 Å². The van der Waals surface area contributed by atoms with Gasteiger partial charge in [0.15, 0.2) is 0 Å². The van der Waals surface area contributed by atoms with Gasteiger partial charge in [0.05, 0.1) is 19.8 Å². The van der Waals surface area contributed by atoms with Crippen LogP contribution >= 0.6 is 12.2 Å². The Labute approximate surface area is 132 Å². The van der Waals surface area contributed by atoms with Gasteiger partial charge in [-0.3, -0.25) is 0 Å². The molecular formula is C17H25NO2S. The molecule has 1 aromatic rings. The first-order valence-corrected chi connectivity index (χ1v) is 7.90. The minimum absolute atomic E-state index is 0.344. The lowest BCUT2D eigenvalue weighted by Gasteiger charge is -2.34. The molecule has 0 radical (unpaired) electrons. The van der Waals surface area contributed by atoms with Crippen molar-refractivity contribution >= 4 is 17.2 Å². The van der Waals surface area contributed by atoms with Crippen LogP contribution in [0, 0.1) is 5.41 Å². The van der Waals surface area contributed by atoms with Gasteiger partial charge in [-0.05, 0) is 49.3 Å². The molecule has 0 atom stereocenters. The van der Waals surface area contributed by atoms with E-state index in [-0.39, 0.29) is 0 Å². The smallest absolute Gasteiger partial charge is 0.124 e. The number of thiocarbonyl (C=S) groups is 1. The van der Waals surface area contributed by atoms with Crippen molar-refractivity contribution in [2.24, 2.45) is 11.1 Å². The molecule has 0 aromatic heterocycles. The Morgan fingerprint density at radius 3 is 2.57 bits per heavy atom. The van der Waals surface area contributed by atoms with Gasteiger partial charge < -0.3 is 15.2 Å². The third-order valence-corrected chi connectivity index (χ3v) is 4.56. The molecule has 4 heteroatoms. The third kappa shape index (κ3) is 4.42. The molecule has 1 aliphatic carbocycles. The quantitative estimate of drug-likeness (QED) is 0.840. The molecule has 2 N–H and O–H groups in total. The second-order valence-electron chi connectivity index (χ2n) is 6.57. The fourth-order valence-electron chi connectivity index (χ4n) is 2.79. The summed E-state index contributed by atoms with van der Waals surface area (Å²) >= 11 is 5.03. The highest BCUT2D eigenvalue weighted by atomic mass is 32.1. The van der Waals surface area contributed by atoms with E-state index >= 15 is 0 Å². The highest BCUT2D eigenvalue weighted by Gasteiger charge is 2.27. The Balaban J connectivity index is 1.99. The van der Waals surface area contributed by atoms with Gasteiger partial charge in [0.25, 0.3) is 0 Å². The van der Waals surface area contributed by atoms with E-state index in [1.165, 1.54) is 12.8 Å². The average Bonchev–Trinajstić information content (AvgIpc) is 2.45. The van der Waals surface area contributed by atoms with Crippen molar-refractivity contribution in [3.8, 4) is 5.75 Å². The van der Waals surface area contributed by atoms with Gasteiger partial charge in [-0.2, -0.15) is 0 Å². The molecule has 0 saturated heterocycles. The van der Waals surface area contributed by atoms with Crippen LogP contribution in [-0.2, 0) is 11.3 Å². The van der Waals surface area contributed by atoms with Crippen LogP contribution in [-0.4, -0.2) is 18.2 Å². The molecule has 1 aliphatic rings. The zero-order chi connectivity index (χ0) is 15.5. The zero-order valence-electron chi connectivity index (χ0n) is 13.1. The molecule has 0 amide bonds. The first kappa shape index (κ1) is 16.2. The largest absolute Gasteiger partial charge is 0.496 e. The van der Waals surface area contributed by atoms with Gasteiger partial charge in [-0.1, -0.05) is 26.1 Å². The minimum atomic E-state index is 0.344. The molecule has 0 spiro atoms. The van der Waals surface area contributed by atoms with Crippen LogP contribution in [0.2, 0.25) is 0 Å². The number of hydrogen-bond acceptors (Lipinski definition) is 3. The van der Waals surface area contributed by atoms with Gasteiger partial charge in [0.2, 0.25) is 0 Å². The summed E-state index contributed by atoms with van der Waals surface area (Å²) in [5, 5.41) is 0. The zero-order valence-corrected chi connectivity index (χ0v) is 14.0. The number of ether oxygens (including phenoxy) is 2. The molecule has 21 heavy (non-hydrogen) atoms. The molecule has 116 valence electrons. The maximum atomic E-state index is 6.08. The van der Waals surface area contributed by atoms with Crippen molar-refractivity contribution in [3.05, 3.63) is 29.3 Å². The Morgan fingerprint density at radius 2 is 2.00 bits per heavy atom. The van der Waals surface area contributed by atoms with E-state index in [0.29, 0.717) is 23.1 Å². The normalized spacial score (nSPS) is 18.4. The van der Waals surface area contributed by atoms with Gasteiger partial charge in [-0.25, -0.2) is 0 Å². The van der Waals surface area contributed by atoms with Crippen LogP contribution in [0.5, 0.6) is 5.75 Å². The molecule has 1 saturated carbocycles. The molecule has 0 heterocycles. The van der Waals surface area contributed by atoms with Crippen molar-refractivity contribution in [1.82, 2.24) is 0 Å². The summed E-state index contributed by atoms with van der Waals surface area (Å²) < 4.78 is 11.5. The van der Waals surface area contributed by atoms with E-state index < -0.39 is 0 Å². The van der Waals surface area contributed by atoms with E-state index in [4.69, 9.17) is 27.4 Å². The van der Waals surface area contributed by atoms with Gasteiger partial charge in [-0.15, -0.1) is 0 Å². The maximum absolute atomic E-state index is 6.08. The topological polar surface area (TPSA) is 44.5 Å². The third-order valence-electron chi connectivity index (χ3n) is 4.33. The lowest BCUT2D eigenvalue weighted by atomic mass is 9.76. The monoisotopic (exact) mass is 307 g/mol. The van der Waals surface area contributed by atoms with Crippen molar-refractivity contribution in [2.45, 2.75) is 52.2 Å². The number of methoxy groups -OCH3 is 1. The predicted octanol–water partition coefficient (Wildman–Crippen LogP) is 3.81. The fraction of sp³-hybridized carbons (Fsp3) is 0.588. The summed E-state index contributed by atoms with van der Waals surface area (Å²) in [6, 6.07) is 5.75. The molecule has 1 aromatic carbocycles. The Bertz CT molecular complexity index is 504. The number of hydrogen-bond donors (Lipinski definition) is 1. The summed E-state index contributed by atoms with van der Waals surface area (Å²) in [7, 11) is 1.67. The van der Waals surface area contributed by atoms with Crippen LogP contribution in [0.1, 0.15) is 50.7 Å². The highest BCUT2D eigenvalue weighted by Crippen LogP contribution is 2.36. The first-order valence-electron chi connectivity index (χ1n) is 7.49. The number of nitrogens with two attached hydrogens (primary N) is 1. The SMILES string of the molecule is COc1ccc(C(N)=S)cc1COC1CCC(C)(C)CC1. The van der Waals surface area contributed by atoms with E-state index in [2.05, 4.69) is 13.8 Å². The number of benzene rings is 1.